The predicted octanol–water partition coefficient (Wildman–Crippen LogP) is 4.53. The van der Waals surface area contributed by atoms with Crippen LogP contribution in [0.15, 0.2) is 60.7 Å². The lowest BCUT2D eigenvalue weighted by Crippen LogP contribution is -2.13. The standard InChI is InChI=1S/C24H24N2O5/c1-15-6-5-7-16(12-15)23(27)25-18-8-10-19(11-9-18)26-24(28)17-13-20(29-2)22(31-4)21(14-17)30-3/h5-14H,1-4H3,(H,25,27)(H,26,28). The first-order valence-corrected chi connectivity index (χ1v) is 9.54. The normalized spacial score (nSPS) is 10.2. The average molecular weight is 420 g/mol. The van der Waals surface area contributed by atoms with Crippen molar-refractivity contribution < 1.29 is 23.8 Å². The fraction of sp³-hybridized carbons (Fsp3) is 0.167. The Kier molecular flexibility index (Phi) is 6.77. The quantitative estimate of drug-likeness (QED) is 0.587. The third-order valence-electron chi connectivity index (χ3n) is 4.61. The van der Waals surface area contributed by atoms with E-state index in [1.54, 1.807) is 42.5 Å². The zero-order valence-corrected chi connectivity index (χ0v) is 17.8. The van der Waals surface area contributed by atoms with Gasteiger partial charge >= 0.3 is 0 Å². The number of hydrogen-bond donors (Lipinski definition) is 2. The van der Waals surface area contributed by atoms with Gasteiger partial charge < -0.3 is 24.8 Å². The summed E-state index contributed by atoms with van der Waals surface area (Å²) < 4.78 is 15.9. The molecule has 0 saturated heterocycles. The van der Waals surface area contributed by atoms with Crippen LogP contribution in [0.3, 0.4) is 0 Å². The molecule has 2 amide bonds. The number of methoxy groups -OCH3 is 3. The van der Waals surface area contributed by atoms with Crippen LogP contribution in [0.2, 0.25) is 0 Å². The number of benzene rings is 3. The van der Waals surface area contributed by atoms with Gasteiger partial charge in [0.15, 0.2) is 11.5 Å². The highest BCUT2D eigenvalue weighted by atomic mass is 16.5. The molecule has 0 heterocycles. The number of ether oxygens (including phenoxy) is 3. The summed E-state index contributed by atoms with van der Waals surface area (Å²) in [6, 6.07) is 17.4. The molecule has 3 aromatic rings. The Morgan fingerprint density at radius 3 is 1.65 bits per heavy atom. The van der Waals surface area contributed by atoms with Crippen LogP contribution in [0.5, 0.6) is 17.2 Å². The van der Waals surface area contributed by atoms with Gasteiger partial charge in [-0.25, -0.2) is 0 Å². The van der Waals surface area contributed by atoms with Gasteiger partial charge in [0.1, 0.15) is 0 Å². The summed E-state index contributed by atoms with van der Waals surface area (Å²) in [4.78, 5) is 25.1. The van der Waals surface area contributed by atoms with Crippen LogP contribution in [-0.2, 0) is 0 Å². The van der Waals surface area contributed by atoms with Gasteiger partial charge in [0.05, 0.1) is 21.3 Å². The lowest BCUT2D eigenvalue weighted by atomic mass is 10.1. The zero-order valence-electron chi connectivity index (χ0n) is 17.8. The van der Waals surface area contributed by atoms with Crippen LogP contribution in [-0.4, -0.2) is 33.1 Å². The topological polar surface area (TPSA) is 85.9 Å². The largest absolute Gasteiger partial charge is 0.493 e. The number of aryl methyl sites for hydroxylation is 1. The number of carbonyl (C=O) groups is 2. The van der Waals surface area contributed by atoms with E-state index in [0.717, 1.165) is 5.56 Å². The molecule has 0 aromatic heterocycles. The van der Waals surface area contributed by atoms with E-state index < -0.39 is 0 Å². The molecule has 3 rings (SSSR count). The molecule has 31 heavy (non-hydrogen) atoms. The molecule has 0 atom stereocenters. The fourth-order valence-corrected chi connectivity index (χ4v) is 3.04. The van der Waals surface area contributed by atoms with E-state index in [4.69, 9.17) is 14.2 Å². The van der Waals surface area contributed by atoms with Crippen molar-refractivity contribution in [3.8, 4) is 17.2 Å². The summed E-state index contributed by atoms with van der Waals surface area (Å²) in [5, 5.41) is 5.66. The average Bonchev–Trinajstić information content (AvgIpc) is 2.79. The molecular weight excluding hydrogens is 396 g/mol. The first kappa shape index (κ1) is 21.7. The fourth-order valence-electron chi connectivity index (χ4n) is 3.04. The van der Waals surface area contributed by atoms with Gasteiger partial charge in [-0.2, -0.15) is 0 Å². The van der Waals surface area contributed by atoms with E-state index in [1.807, 2.05) is 25.1 Å². The van der Waals surface area contributed by atoms with Gasteiger partial charge in [-0.05, 0) is 55.5 Å². The molecule has 0 aliphatic carbocycles. The van der Waals surface area contributed by atoms with Crippen molar-refractivity contribution in [2.24, 2.45) is 0 Å². The van der Waals surface area contributed by atoms with Gasteiger partial charge in [-0.15, -0.1) is 0 Å². The van der Waals surface area contributed by atoms with Gasteiger partial charge in [0.2, 0.25) is 5.75 Å². The molecular formula is C24H24N2O5. The number of amides is 2. The minimum Gasteiger partial charge on any atom is -0.493 e. The molecule has 2 N–H and O–H groups in total. The third-order valence-corrected chi connectivity index (χ3v) is 4.61. The number of rotatable bonds is 7. The Morgan fingerprint density at radius 2 is 1.19 bits per heavy atom. The second-order valence-electron chi connectivity index (χ2n) is 6.77. The maximum atomic E-state index is 12.7. The van der Waals surface area contributed by atoms with E-state index in [-0.39, 0.29) is 11.8 Å². The van der Waals surface area contributed by atoms with Crippen LogP contribution < -0.4 is 24.8 Å². The number of anilines is 2. The third kappa shape index (κ3) is 5.14. The number of carbonyl (C=O) groups excluding carboxylic acids is 2. The highest BCUT2D eigenvalue weighted by Crippen LogP contribution is 2.38. The van der Waals surface area contributed by atoms with Crippen molar-refractivity contribution in [3.05, 3.63) is 77.4 Å². The van der Waals surface area contributed by atoms with E-state index in [0.29, 0.717) is 39.8 Å². The van der Waals surface area contributed by atoms with Gasteiger partial charge in [-0.3, -0.25) is 9.59 Å². The van der Waals surface area contributed by atoms with Crippen molar-refractivity contribution in [2.75, 3.05) is 32.0 Å². The monoisotopic (exact) mass is 420 g/mol. The summed E-state index contributed by atoms with van der Waals surface area (Å²) in [5.41, 5.74) is 3.15. The van der Waals surface area contributed by atoms with E-state index >= 15 is 0 Å². The SMILES string of the molecule is COc1cc(C(=O)Nc2ccc(NC(=O)c3cccc(C)c3)cc2)cc(OC)c1OC. The summed E-state index contributed by atoms with van der Waals surface area (Å²) >= 11 is 0. The molecule has 7 heteroatoms. The lowest BCUT2D eigenvalue weighted by molar-refractivity contribution is 0.101. The maximum absolute atomic E-state index is 12.7. The summed E-state index contributed by atoms with van der Waals surface area (Å²) in [6.45, 7) is 1.93. The Labute approximate surface area is 180 Å². The first-order chi connectivity index (χ1) is 14.9. The van der Waals surface area contributed by atoms with Crippen LogP contribution in [0.1, 0.15) is 26.3 Å². The molecule has 0 spiro atoms. The van der Waals surface area contributed by atoms with Crippen LogP contribution >= 0.6 is 0 Å². The smallest absolute Gasteiger partial charge is 0.255 e. The predicted molar refractivity (Wildman–Crippen MR) is 120 cm³/mol. The van der Waals surface area contributed by atoms with Crippen molar-refractivity contribution in [2.45, 2.75) is 6.92 Å². The summed E-state index contributed by atoms with van der Waals surface area (Å²) in [5.74, 6) is 0.659. The Morgan fingerprint density at radius 1 is 0.677 bits per heavy atom. The molecule has 0 aliphatic heterocycles. The van der Waals surface area contributed by atoms with Crippen molar-refractivity contribution in [1.29, 1.82) is 0 Å². The van der Waals surface area contributed by atoms with Crippen molar-refractivity contribution in [3.63, 3.8) is 0 Å². The molecule has 0 bridgehead atoms. The molecule has 0 saturated carbocycles. The summed E-state index contributed by atoms with van der Waals surface area (Å²) in [6.07, 6.45) is 0. The van der Waals surface area contributed by atoms with Crippen LogP contribution in [0.4, 0.5) is 11.4 Å². The molecule has 3 aromatic carbocycles. The zero-order chi connectivity index (χ0) is 22.4. The molecule has 0 unspecified atom stereocenters. The molecule has 7 nitrogen and oxygen atoms in total. The number of nitrogens with one attached hydrogen (secondary N) is 2. The first-order valence-electron chi connectivity index (χ1n) is 9.54. The van der Waals surface area contributed by atoms with Crippen molar-refractivity contribution >= 4 is 23.2 Å². The highest BCUT2D eigenvalue weighted by molar-refractivity contribution is 6.06. The van der Waals surface area contributed by atoms with E-state index in [2.05, 4.69) is 10.6 Å². The summed E-state index contributed by atoms with van der Waals surface area (Å²) in [7, 11) is 4.48. The van der Waals surface area contributed by atoms with Crippen molar-refractivity contribution in [1.82, 2.24) is 0 Å². The van der Waals surface area contributed by atoms with Crippen LogP contribution in [0, 0.1) is 6.92 Å². The maximum Gasteiger partial charge on any atom is 0.255 e. The molecule has 0 fully saturated rings. The second-order valence-corrected chi connectivity index (χ2v) is 6.77. The Bertz CT molecular complexity index is 1070. The second kappa shape index (κ2) is 9.67. The lowest BCUT2D eigenvalue weighted by Gasteiger charge is -2.14. The Balaban J connectivity index is 1.71. The van der Waals surface area contributed by atoms with Gasteiger partial charge in [0.25, 0.3) is 11.8 Å². The van der Waals surface area contributed by atoms with E-state index in [9.17, 15) is 9.59 Å². The molecule has 0 aliphatic rings. The molecule has 160 valence electrons. The van der Waals surface area contributed by atoms with Gasteiger partial charge in [0, 0.05) is 22.5 Å². The van der Waals surface area contributed by atoms with E-state index in [1.165, 1.54) is 21.3 Å². The highest BCUT2D eigenvalue weighted by Gasteiger charge is 2.17. The number of hydrogen-bond acceptors (Lipinski definition) is 5. The minimum atomic E-state index is -0.337. The molecule has 0 radical (unpaired) electrons. The minimum absolute atomic E-state index is 0.196. The van der Waals surface area contributed by atoms with Gasteiger partial charge in [-0.1, -0.05) is 17.7 Å². The van der Waals surface area contributed by atoms with Crippen LogP contribution in [0.25, 0.3) is 0 Å². The Hall–Kier alpha value is -4.00.